The molecule has 0 radical (unpaired) electrons. The van der Waals surface area contributed by atoms with E-state index < -0.39 is 0 Å². The maximum Gasteiger partial charge on any atom is 0.272 e. The fourth-order valence-electron chi connectivity index (χ4n) is 2.75. The SMILES string of the molecule is CN(C(=O)c1ccc2ccc(Cl)cc2n1)C1CCNCC1. The standard InChI is InChI=1S/C16H18ClN3O/c1-20(13-6-8-18-9-7-13)16(21)14-5-3-11-2-4-12(17)10-15(11)19-14/h2-5,10,13,18H,6-9H2,1H3. The van der Waals surface area contributed by atoms with E-state index in [1.165, 1.54) is 0 Å². The highest BCUT2D eigenvalue weighted by Crippen LogP contribution is 2.19. The first-order valence-corrected chi connectivity index (χ1v) is 7.57. The Morgan fingerprint density at radius 2 is 2.00 bits per heavy atom. The number of fused-ring (bicyclic) bond motifs is 1. The molecule has 0 bridgehead atoms. The number of halogens is 1. The molecule has 2 heterocycles. The molecule has 0 unspecified atom stereocenters. The second-order valence-electron chi connectivity index (χ2n) is 5.43. The van der Waals surface area contributed by atoms with Crippen molar-refractivity contribution < 1.29 is 4.79 Å². The van der Waals surface area contributed by atoms with Crippen LogP contribution in [-0.2, 0) is 0 Å². The van der Waals surface area contributed by atoms with Crippen molar-refractivity contribution in [2.45, 2.75) is 18.9 Å². The van der Waals surface area contributed by atoms with Crippen LogP contribution in [-0.4, -0.2) is 42.0 Å². The largest absolute Gasteiger partial charge is 0.337 e. The van der Waals surface area contributed by atoms with Gasteiger partial charge in [0.15, 0.2) is 0 Å². The Hall–Kier alpha value is -1.65. The smallest absolute Gasteiger partial charge is 0.272 e. The molecule has 1 aromatic heterocycles. The summed E-state index contributed by atoms with van der Waals surface area (Å²) in [6, 6.07) is 9.52. The van der Waals surface area contributed by atoms with Gasteiger partial charge in [0.05, 0.1) is 5.52 Å². The summed E-state index contributed by atoms with van der Waals surface area (Å²) in [6.45, 7) is 1.92. The van der Waals surface area contributed by atoms with Crippen molar-refractivity contribution >= 4 is 28.4 Å². The van der Waals surface area contributed by atoms with Crippen LogP contribution < -0.4 is 5.32 Å². The summed E-state index contributed by atoms with van der Waals surface area (Å²) in [5, 5.41) is 4.93. The number of piperidine rings is 1. The van der Waals surface area contributed by atoms with E-state index in [0.29, 0.717) is 10.7 Å². The zero-order valence-corrected chi connectivity index (χ0v) is 12.7. The van der Waals surface area contributed by atoms with Crippen LogP contribution in [0.5, 0.6) is 0 Å². The number of pyridine rings is 1. The van der Waals surface area contributed by atoms with Gasteiger partial charge in [-0.05, 0) is 44.1 Å². The quantitative estimate of drug-likeness (QED) is 0.928. The number of hydrogen-bond acceptors (Lipinski definition) is 3. The maximum absolute atomic E-state index is 12.6. The minimum Gasteiger partial charge on any atom is -0.337 e. The second kappa shape index (κ2) is 6.00. The van der Waals surface area contributed by atoms with Crippen LogP contribution in [0.25, 0.3) is 10.9 Å². The van der Waals surface area contributed by atoms with Gasteiger partial charge in [0.25, 0.3) is 5.91 Å². The van der Waals surface area contributed by atoms with Crippen molar-refractivity contribution in [1.29, 1.82) is 0 Å². The van der Waals surface area contributed by atoms with E-state index in [0.717, 1.165) is 36.8 Å². The zero-order valence-electron chi connectivity index (χ0n) is 12.0. The van der Waals surface area contributed by atoms with Crippen LogP contribution in [0, 0.1) is 0 Å². The topological polar surface area (TPSA) is 45.2 Å². The number of nitrogens with one attached hydrogen (secondary N) is 1. The van der Waals surface area contributed by atoms with Crippen molar-refractivity contribution in [2.24, 2.45) is 0 Å². The van der Waals surface area contributed by atoms with Crippen LogP contribution >= 0.6 is 11.6 Å². The normalized spacial score (nSPS) is 16.1. The molecular formula is C16H18ClN3O. The van der Waals surface area contributed by atoms with Crippen molar-refractivity contribution in [3.63, 3.8) is 0 Å². The van der Waals surface area contributed by atoms with E-state index in [2.05, 4.69) is 10.3 Å². The molecule has 1 amide bonds. The molecular weight excluding hydrogens is 286 g/mol. The van der Waals surface area contributed by atoms with Gasteiger partial charge in [0.1, 0.15) is 5.69 Å². The first kappa shape index (κ1) is 14.3. The highest BCUT2D eigenvalue weighted by atomic mass is 35.5. The van der Waals surface area contributed by atoms with Crippen LogP contribution in [0.4, 0.5) is 0 Å². The molecule has 110 valence electrons. The average Bonchev–Trinajstić information content (AvgIpc) is 2.53. The summed E-state index contributed by atoms with van der Waals surface area (Å²) >= 11 is 5.99. The lowest BCUT2D eigenvalue weighted by atomic mass is 10.0. The van der Waals surface area contributed by atoms with E-state index >= 15 is 0 Å². The third-order valence-corrected chi connectivity index (χ3v) is 4.29. The van der Waals surface area contributed by atoms with Crippen LogP contribution in [0.2, 0.25) is 5.02 Å². The van der Waals surface area contributed by atoms with Crippen molar-refractivity contribution in [3.8, 4) is 0 Å². The molecule has 1 saturated heterocycles. The van der Waals surface area contributed by atoms with Crippen LogP contribution in [0.15, 0.2) is 30.3 Å². The molecule has 1 N–H and O–H groups in total. The Morgan fingerprint density at radius 3 is 2.76 bits per heavy atom. The van der Waals surface area contributed by atoms with Gasteiger partial charge in [-0.2, -0.15) is 0 Å². The van der Waals surface area contributed by atoms with Crippen LogP contribution in [0.1, 0.15) is 23.3 Å². The summed E-state index contributed by atoms with van der Waals surface area (Å²) in [6.07, 6.45) is 1.98. The summed E-state index contributed by atoms with van der Waals surface area (Å²) < 4.78 is 0. The van der Waals surface area contributed by atoms with Crippen LogP contribution in [0.3, 0.4) is 0 Å². The Balaban J connectivity index is 1.86. The summed E-state index contributed by atoms with van der Waals surface area (Å²) in [4.78, 5) is 18.9. The number of carbonyl (C=O) groups excluding carboxylic acids is 1. The first-order valence-electron chi connectivity index (χ1n) is 7.19. The van der Waals surface area contributed by atoms with Gasteiger partial charge in [0, 0.05) is 23.5 Å². The summed E-state index contributed by atoms with van der Waals surface area (Å²) in [5.41, 5.74) is 1.23. The van der Waals surface area contributed by atoms with Gasteiger partial charge >= 0.3 is 0 Å². The lowest BCUT2D eigenvalue weighted by Gasteiger charge is -2.31. The molecule has 0 saturated carbocycles. The predicted octanol–water partition coefficient (Wildman–Crippen LogP) is 2.71. The lowest BCUT2D eigenvalue weighted by molar-refractivity contribution is 0.0697. The minimum atomic E-state index is -0.0243. The Morgan fingerprint density at radius 1 is 1.29 bits per heavy atom. The lowest BCUT2D eigenvalue weighted by Crippen LogP contribution is -2.44. The Kier molecular flexibility index (Phi) is 4.08. The molecule has 2 aromatic rings. The number of carbonyl (C=O) groups is 1. The van der Waals surface area contributed by atoms with E-state index in [1.807, 2.05) is 30.1 Å². The van der Waals surface area contributed by atoms with Crippen molar-refractivity contribution in [3.05, 3.63) is 41.0 Å². The molecule has 4 nitrogen and oxygen atoms in total. The molecule has 1 aromatic carbocycles. The van der Waals surface area contributed by atoms with Gasteiger partial charge in [-0.3, -0.25) is 4.79 Å². The number of rotatable bonds is 2. The maximum atomic E-state index is 12.6. The zero-order chi connectivity index (χ0) is 14.8. The molecule has 5 heteroatoms. The third-order valence-electron chi connectivity index (χ3n) is 4.05. The summed E-state index contributed by atoms with van der Waals surface area (Å²) in [5.74, 6) is -0.0243. The Labute approximate surface area is 129 Å². The number of amides is 1. The molecule has 0 spiro atoms. The molecule has 0 aliphatic carbocycles. The molecule has 3 rings (SSSR count). The predicted molar refractivity (Wildman–Crippen MR) is 84.7 cm³/mol. The van der Waals surface area contributed by atoms with Gasteiger partial charge in [0.2, 0.25) is 0 Å². The van der Waals surface area contributed by atoms with E-state index in [1.54, 1.807) is 12.1 Å². The van der Waals surface area contributed by atoms with E-state index in [9.17, 15) is 4.79 Å². The average molecular weight is 304 g/mol. The highest BCUT2D eigenvalue weighted by Gasteiger charge is 2.23. The molecule has 21 heavy (non-hydrogen) atoms. The highest BCUT2D eigenvalue weighted by molar-refractivity contribution is 6.31. The Bertz CT molecular complexity index is 668. The fourth-order valence-corrected chi connectivity index (χ4v) is 2.92. The summed E-state index contributed by atoms with van der Waals surface area (Å²) in [7, 11) is 1.86. The van der Waals surface area contributed by atoms with Gasteiger partial charge in [-0.25, -0.2) is 4.98 Å². The van der Waals surface area contributed by atoms with Gasteiger partial charge in [-0.1, -0.05) is 23.7 Å². The third kappa shape index (κ3) is 3.01. The number of hydrogen-bond donors (Lipinski definition) is 1. The molecule has 0 atom stereocenters. The second-order valence-corrected chi connectivity index (χ2v) is 5.87. The monoisotopic (exact) mass is 303 g/mol. The first-order chi connectivity index (χ1) is 10.1. The minimum absolute atomic E-state index is 0.0243. The number of benzene rings is 1. The molecule has 1 aliphatic heterocycles. The number of aromatic nitrogens is 1. The van der Waals surface area contributed by atoms with E-state index in [4.69, 9.17) is 11.6 Å². The number of nitrogens with zero attached hydrogens (tertiary/aromatic N) is 2. The van der Waals surface area contributed by atoms with Crippen molar-refractivity contribution in [1.82, 2.24) is 15.2 Å². The van der Waals surface area contributed by atoms with E-state index in [-0.39, 0.29) is 11.9 Å². The fraction of sp³-hybridized carbons (Fsp3) is 0.375. The van der Waals surface area contributed by atoms with Crippen molar-refractivity contribution in [2.75, 3.05) is 20.1 Å². The van der Waals surface area contributed by atoms with Gasteiger partial charge in [-0.15, -0.1) is 0 Å². The van der Waals surface area contributed by atoms with Gasteiger partial charge < -0.3 is 10.2 Å². The molecule has 1 fully saturated rings. The molecule has 1 aliphatic rings.